The summed E-state index contributed by atoms with van der Waals surface area (Å²) in [5, 5.41) is 3.41. The molecule has 1 aliphatic heterocycles. The molecule has 21 heavy (non-hydrogen) atoms. The van der Waals surface area contributed by atoms with Gasteiger partial charge in [0, 0.05) is 24.0 Å². The molecule has 4 heteroatoms. The van der Waals surface area contributed by atoms with Gasteiger partial charge in [-0.05, 0) is 50.4 Å². The Balaban J connectivity index is 1.81. The van der Waals surface area contributed by atoms with Gasteiger partial charge in [-0.3, -0.25) is 4.79 Å². The van der Waals surface area contributed by atoms with Crippen LogP contribution in [0.25, 0.3) is 0 Å². The number of piperidine rings is 1. The third-order valence-corrected chi connectivity index (χ3v) is 4.96. The molecule has 1 aliphatic rings. The second-order valence-electron chi connectivity index (χ2n) is 5.58. The smallest absolute Gasteiger partial charge is 0.232 e. The molecule has 1 N–H and O–H groups in total. The molecule has 1 amide bonds. The quantitative estimate of drug-likeness (QED) is 0.817. The molecule has 1 saturated heterocycles. The number of amides is 1. The van der Waals surface area contributed by atoms with Crippen LogP contribution in [0.2, 0.25) is 0 Å². The Morgan fingerprint density at radius 3 is 2.52 bits per heavy atom. The van der Waals surface area contributed by atoms with Gasteiger partial charge in [0.2, 0.25) is 5.91 Å². The molecule has 1 aromatic rings. The van der Waals surface area contributed by atoms with Crippen LogP contribution >= 0.6 is 11.8 Å². The number of nitrogens with zero attached hydrogens (tertiary/aromatic N) is 1. The summed E-state index contributed by atoms with van der Waals surface area (Å²) in [5.41, 5.74) is 1.29. The highest BCUT2D eigenvalue weighted by atomic mass is 32.2. The van der Waals surface area contributed by atoms with Crippen molar-refractivity contribution in [2.24, 2.45) is 0 Å². The zero-order valence-corrected chi connectivity index (χ0v) is 13.9. The third kappa shape index (κ3) is 5.04. The van der Waals surface area contributed by atoms with Crippen LogP contribution in [-0.2, 0) is 4.79 Å². The maximum atomic E-state index is 12.1. The largest absolute Gasteiger partial charge is 0.342 e. The SMILES string of the molecule is CCNC(C)c1ccc(SCC(=O)N2CCCCC2)cc1. The molecule has 1 fully saturated rings. The number of nitrogens with one attached hydrogen (secondary N) is 1. The van der Waals surface area contributed by atoms with E-state index >= 15 is 0 Å². The Kier molecular flexibility index (Phi) is 6.58. The van der Waals surface area contributed by atoms with Crippen molar-refractivity contribution in [3.05, 3.63) is 29.8 Å². The Labute approximate surface area is 132 Å². The van der Waals surface area contributed by atoms with Crippen LogP contribution in [0.1, 0.15) is 44.7 Å². The molecular formula is C17H26N2OS. The molecule has 0 saturated carbocycles. The van der Waals surface area contributed by atoms with Crippen LogP contribution in [0.15, 0.2) is 29.2 Å². The summed E-state index contributed by atoms with van der Waals surface area (Å²) in [4.78, 5) is 15.3. The number of hydrogen-bond acceptors (Lipinski definition) is 3. The Morgan fingerprint density at radius 2 is 1.90 bits per heavy atom. The zero-order valence-electron chi connectivity index (χ0n) is 13.1. The number of thioether (sulfide) groups is 1. The number of likely N-dealkylation sites (tertiary alicyclic amines) is 1. The average molecular weight is 306 g/mol. The summed E-state index contributed by atoms with van der Waals surface area (Å²) in [6.07, 6.45) is 3.59. The van der Waals surface area contributed by atoms with Crippen LogP contribution in [0, 0.1) is 0 Å². The highest BCUT2D eigenvalue weighted by Gasteiger charge is 2.16. The maximum Gasteiger partial charge on any atom is 0.232 e. The molecule has 116 valence electrons. The van der Waals surface area contributed by atoms with Crippen LogP contribution in [0.4, 0.5) is 0 Å². The van der Waals surface area contributed by atoms with Gasteiger partial charge in [-0.15, -0.1) is 11.8 Å². The highest BCUT2D eigenvalue weighted by molar-refractivity contribution is 8.00. The summed E-state index contributed by atoms with van der Waals surface area (Å²) in [7, 11) is 0. The summed E-state index contributed by atoms with van der Waals surface area (Å²) < 4.78 is 0. The lowest BCUT2D eigenvalue weighted by Crippen LogP contribution is -2.36. The van der Waals surface area contributed by atoms with Crippen molar-refractivity contribution >= 4 is 17.7 Å². The Morgan fingerprint density at radius 1 is 1.24 bits per heavy atom. The van der Waals surface area contributed by atoms with Crippen LogP contribution in [0.3, 0.4) is 0 Å². The second kappa shape index (κ2) is 8.44. The number of hydrogen-bond donors (Lipinski definition) is 1. The molecule has 0 bridgehead atoms. The Hall–Kier alpha value is -1.00. The van der Waals surface area contributed by atoms with E-state index in [1.54, 1.807) is 11.8 Å². The first-order valence-electron chi connectivity index (χ1n) is 7.94. The molecule has 1 atom stereocenters. The van der Waals surface area contributed by atoms with E-state index in [1.165, 1.54) is 16.9 Å². The number of rotatable bonds is 6. The van der Waals surface area contributed by atoms with E-state index in [0.29, 0.717) is 11.8 Å². The molecule has 3 nitrogen and oxygen atoms in total. The first kappa shape index (κ1) is 16.4. The van der Waals surface area contributed by atoms with E-state index in [-0.39, 0.29) is 5.91 Å². The van der Waals surface area contributed by atoms with Gasteiger partial charge < -0.3 is 10.2 Å². The molecule has 1 unspecified atom stereocenters. The number of benzene rings is 1. The van der Waals surface area contributed by atoms with Gasteiger partial charge in [0.05, 0.1) is 5.75 Å². The van der Waals surface area contributed by atoms with Crippen molar-refractivity contribution in [3.63, 3.8) is 0 Å². The lowest BCUT2D eigenvalue weighted by atomic mass is 10.1. The van der Waals surface area contributed by atoms with Crippen molar-refractivity contribution < 1.29 is 4.79 Å². The third-order valence-electron chi connectivity index (χ3n) is 3.96. The molecule has 1 heterocycles. The van der Waals surface area contributed by atoms with Crippen molar-refractivity contribution in [1.29, 1.82) is 0 Å². The van der Waals surface area contributed by atoms with Gasteiger partial charge in [-0.2, -0.15) is 0 Å². The predicted molar refractivity (Wildman–Crippen MR) is 89.7 cm³/mol. The topological polar surface area (TPSA) is 32.3 Å². The zero-order chi connectivity index (χ0) is 15.1. The van der Waals surface area contributed by atoms with E-state index in [2.05, 4.69) is 43.4 Å². The molecular weight excluding hydrogens is 280 g/mol. The van der Waals surface area contributed by atoms with E-state index in [9.17, 15) is 4.79 Å². The van der Waals surface area contributed by atoms with Gasteiger partial charge in [0.1, 0.15) is 0 Å². The molecule has 0 radical (unpaired) electrons. The molecule has 0 aromatic heterocycles. The summed E-state index contributed by atoms with van der Waals surface area (Å²) in [6, 6.07) is 8.93. The van der Waals surface area contributed by atoms with Crippen LogP contribution < -0.4 is 5.32 Å². The molecule has 2 rings (SSSR count). The fourth-order valence-electron chi connectivity index (χ4n) is 2.66. The fourth-order valence-corrected chi connectivity index (χ4v) is 3.46. The van der Waals surface area contributed by atoms with Crippen molar-refractivity contribution in [3.8, 4) is 0 Å². The minimum absolute atomic E-state index is 0.282. The monoisotopic (exact) mass is 306 g/mol. The molecule has 0 spiro atoms. The lowest BCUT2D eigenvalue weighted by molar-refractivity contribution is -0.129. The minimum atomic E-state index is 0.282. The standard InChI is InChI=1S/C17H26N2OS/c1-3-18-14(2)15-7-9-16(10-8-15)21-13-17(20)19-11-5-4-6-12-19/h7-10,14,18H,3-6,11-13H2,1-2H3. The second-order valence-corrected chi connectivity index (χ2v) is 6.63. The van der Waals surface area contributed by atoms with Gasteiger partial charge in [-0.1, -0.05) is 19.1 Å². The van der Waals surface area contributed by atoms with Gasteiger partial charge in [0.15, 0.2) is 0 Å². The predicted octanol–water partition coefficient (Wildman–Crippen LogP) is 3.46. The molecule has 0 aliphatic carbocycles. The first-order chi connectivity index (χ1) is 10.2. The maximum absolute atomic E-state index is 12.1. The van der Waals surface area contributed by atoms with Gasteiger partial charge in [0.25, 0.3) is 0 Å². The van der Waals surface area contributed by atoms with E-state index < -0.39 is 0 Å². The van der Waals surface area contributed by atoms with E-state index in [4.69, 9.17) is 0 Å². The van der Waals surface area contributed by atoms with Crippen molar-refractivity contribution in [2.75, 3.05) is 25.4 Å². The number of carbonyl (C=O) groups is 1. The van der Waals surface area contributed by atoms with Gasteiger partial charge >= 0.3 is 0 Å². The Bertz CT molecular complexity index is 441. The summed E-state index contributed by atoms with van der Waals surface area (Å²) >= 11 is 1.64. The van der Waals surface area contributed by atoms with E-state index in [0.717, 1.165) is 32.5 Å². The van der Waals surface area contributed by atoms with Crippen molar-refractivity contribution in [1.82, 2.24) is 10.2 Å². The van der Waals surface area contributed by atoms with E-state index in [1.807, 2.05) is 4.90 Å². The van der Waals surface area contributed by atoms with Crippen LogP contribution in [0.5, 0.6) is 0 Å². The summed E-state index contributed by atoms with van der Waals surface area (Å²) in [6.45, 7) is 7.15. The molecule has 1 aromatic carbocycles. The highest BCUT2D eigenvalue weighted by Crippen LogP contribution is 2.22. The van der Waals surface area contributed by atoms with Gasteiger partial charge in [-0.25, -0.2) is 0 Å². The number of carbonyl (C=O) groups excluding carboxylic acids is 1. The van der Waals surface area contributed by atoms with Crippen molar-refractivity contribution in [2.45, 2.75) is 44.0 Å². The fraction of sp³-hybridized carbons (Fsp3) is 0.588. The average Bonchev–Trinajstić information content (AvgIpc) is 2.54. The lowest BCUT2D eigenvalue weighted by Gasteiger charge is -2.26. The van der Waals surface area contributed by atoms with Crippen LogP contribution in [-0.4, -0.2) is 36.2 Å². The first-order valence-corrected chi connectivity index (χ1v) is 8.93. The minimum Gasteiger partial charge on any atom is -0.342 e. The normalized spacial score (nSPS) is 16.8. The summed E-state index contributed by atoms with van der Waals surface area (Å²) in [5.74, 6) is 0.840.